The van der Waals surface area contributed by atoms with Crippen LogP contribution >= 0.6 is 11.3 Å². The van der Waals surface area contributed by atoms with Crippen LogP contribution in [0.1, 0.15) is 0 Å². The Morgan fingerprint density at radius 1 is 0.400 bits per heavy atom. The average Bonchev–Trinajstić information content (AvgIpc) is 3.77. The highest BCUT2D eigenvalue weighted by Gasteiger charge is 2.21. The molecule has 0 aliphatic heterocycles. The predicted molar refractivity (Wildman–Crippen MR) is 207 cm³/mol. The van der Waals surface area contributed by atoms with Crippen LogP contribution in [0.3, 0.4) is 0 Å². The van der Waals surface area contributed by atoms with Gasteiger partial charge >= 0.3 is 0 Å². The minimum absolute atomic E-state index is 0.573. The Kier molecular flexibility index (Phi) is 6.64. The smallest absolute Gasteiger partial charge is 0.167 e. The molecule has 0 saturated carbocycles. The Bertz CT molecular complexity index is 2860. The Hall–Kier alpha value is -6.43. The van der Waals surface area contributed by atoms with E-state index < -0.39 is 0 Å². The molecule has 3 aromatic heterocycles. The number of hydrogen-bond donors (Lipinski definition) is 0. The van der Waals surface area contributed by atoms with Gasteiger partial charge in [0.2, 0.25) is 0 Å². The van der Waals surface area contributed by atoms with E-state index in [1.807, 2.05) is 48.5 Å². The van der Waals surface area contributed by atoms with Crippen molar-refractivity contribution in [2.24, 2.45) is 0 Å². The maximum atomic E-state index is 6.65. The van der Waals surface area contributed by atoms with Gasteiger partial charge in [0.05, 0.1) is 5.56 Å². The molecule has 7 aromatic carbocycles. The highest BCUT2D eigenvalue weighted by atomic mass is 32.1. The molecule has 0 spiro atoms. The van der Waals surface area contributed by atoms with Gasteiger partial charge in [0.1, 0.15) is 11.2 Å². The molecule has 0 bridgehead atoms. The number of fused-ring (bicyclic) bond motifs is 6. The Labute approximate surface area is 292 Å². The fraction of sp³-hybridized carbons (Fsp3) is 0. The van der Waals surface area contributed by atoms with Crippen molar-refractivity contribution in [3.63, 3.8) is 0 Å². The summed E-state index contributed by atoms with van der Waals surface area (Å²) in [5.74, 6) is 1.82. The quantitative estimate of drug-likeness (QED) is 0.185. The van der Waals surface area contributed by atoms with Crippen molar-refractivity contribution in [1.29, 1.82) is 0 Å². The standard InChI is InChI=1S/C45H27N3OS/c1-4-13-28(14-5-1)31-25-26-39-37(27-31)33-20-10-23-36(42(33)50-39)45-47-43(30-17-8-3-9-18-30)46-44(48-45)35-22-11-21-34-40-32(29-15-6-2-7-16-29)19-12-24-38(40)49-41(34)35/h1-27H. The number of rotatable bonds is 5. The van der Waals surface area contributed by atoms with E-state index in [0.29, 0.717) is 17.5 Å². The largest absolute Gasteiger partial charge is 0.455 e. The van der Waals surface area contributed by atoms with E-state index in [9.17, 15) is 0 Å². The average molecular weight is 658 g/mol. The van der Waals surface area contributed by atoms with Gasteiger partial charge in [-0.05, 0) is 52.6 Å². The van der Waals surface area contributed by atoms with Crippen LogP contribution in [-0.4, -0.2) is 15.0 Å². The van der Waals surface area contributed by atoms with Crippen molar-refractivity contribution in [1.82, 2.24) is 15.0 Å². The summed E-state index contributed by atoms with van der Waals surface area (Å²) in [5, 5.41) is 4.53. The fourth-order valence-corrected chi connectivity index (χ4v) is 8.19. The van der Waals surface area contributed by atoms with Crippen LogP contribution in [0.4, 0.5) is 0 Å². The van der Waals surface area contributed by atoms with Crippen molar-refractivity contribution in [3.05, 3.63) is 164 Å². The Morgan fingerprint density at radius 3 is 1.76 bits per heavy atom. The lowest BCUT2D eigenvalue weighted by Crippen LogP contribution is -2.00. The summed E-state index contributed by atoms with van der Waals surface area (Å²) in [6.07, 6.45) is 0. The molecule has 10 aromatic rings. The number of furan rings is 1. The molecular weight excluding hydrogens is 631 g/mol. The monoisotopic (exact) mass is 657 g/mol. The zero-order valence-electron chi connectivity index (χ0n) is 26.7. The number of nitrogens with zero attached hydrogens (tertiary/aromatic N) is 3. The van der Waals surface area contributed by atoms with E-state index in [4.69, 9.17) is 19.4 Å². The number of aromatic nitrogens is 3. The number of para-hydroxylation sites is 1. The molecule has 0 radical (unpaired) electrons. The maximum absolute atomic E-state index is 6.65. The van der Waals surface area contributed by atoms with E-state index in [-0.39, 0.29) is 0 Å². The van der Waals surface area contributed by atoms with Crippen LogP contribution in [0.15, 0.2) is 168 Å². The molecule has 3 heterocycles. The third kappa shape index (κ3) is 4.71. The number of benzene rings is 7. The first-order valence-electron chi connectivity index (χ1n) is 16.6. The van der Waals surface area contributed by atoms with Gasteiger partial charge in [-0.3, -0.25) is 0 Å². The minimum atomic E-state index is 0.573. The molecule has 0 fully saturated rings. The first kappa shape index (κ1) is 28.6. The number of hydrogen-bond acceptors (Lipinski definition) is 5. The van der Waals surface area contributed by atoms with Crippen LogP contribution in [-0.2, 0) is 0 Å². The summed E-state index contributed by atoms with van der Waals surface area (Å²) >= 11 is 1.78. The molecule has 234 valence electrons. The van der Waals surface area contributed by atoms with Gasteiger partial charge in [0.15, 0.2) is 17.5 Å². The van der Waals surface area contributed by atoms with Gasteiger partial charge < -0.3 is 4.42 Å². The Morgan fingerprint density at radius 2 is 1.00 bits per heavy atom. The van der Waals surface area contributed by atoms with Gasteiger partial charge in [0.25, 0.3) is 0 Å². The summed E-state index contributed by atoms with van der Waals surface area (Å²) in [4.78, 5) is 15.4. The summed E-state index contributed by atoms with van der Waals surface area (Å²) < 4.78 is 9.03. The highest BCUT2D eigenvalue weighted by molar-refractivity contribution is 7.26. The van der Waals surface area contributed by atoms with Gasteiger partial charge in [0, 0.05) is 42.1 Å². The molecule has 4 nitrogen and oxygen atoms in total. The molecule has 0 amide bonds. The van der Waals surface area contributed by atoms with Crippen molar-refractivity contribution in [3.8, 4) is 56.4 Å². The topological polar surface area (TPSA) is 51.8 Å². The molecule has 10 rings (SSSR count). The molecule has 0 aliphatic carbocycles. The molecule has 0 N–H and O–H groups in total. The van der Waals surface area contributed by atoms with Crippen LogP contribution < -0.4 is 0 Å². The second kappa shape index (κ2) is 11.6. The molecule has 0 atom stereocenters. The van der Waals surface area contributed by atoms with E-state index in [1.54, 1.807) is 11.3 Å². The lowest BCUT2D eigenvalue weighted by molar-refractivity contribution is 0.669. The maximum Gasteiger partial charge on any atom is 0.167 e. The molecule has 5 heteroatoms. The SMILES string of the molecule is c1ccc(-c2ccc3sc4c(-c5nc(-c6ccccc6)nc(-c6cccc7c6oc6cccc(-c8ccccc8)c67)n5)cccc4c3c2)cc1. The normalized spacial score (nSPS) is 11.6. The minimum Gasteiger partial charge on any atom is -0.455 e. The fourth-order valence-electron chi connectivity index (χ4n) is 7.00. The van der Waals surface area contributed by atoms with E-state index in [2.05, 4.69) is 115 Å². The van der Waals surface area contributed by atoms with Gasteiger partial charge in [-0.2, -0.15) is 0 Å². The van der Waals surface area contributed by atoms with Gasteiger partial charge in [-0.25, -0.2) is 15.0 Å². The first-order valence-corrected chi connectivity index (χ1v) is 17.4. The van der Waals surface area contributed by atoms with E-state index >= 15 is 0 Å². The highest BCUT2D eigenvalue weighted by Crippen LogP contribution is 2.43. The lowest BCUT2D eigenvalue weighted by atomic mass is 9.99. The molecular formula is C45H27N3OS. The summed E-state index contributed by atoms with van der Waals surface area (Å²) in [5.41, 5.74) is 9.01. The second-order valence-corrected chi connectivity index (χ2v) is 13.4. The Balaban J connectivity index is 1.19. The van der Waals surface area contributed by atoms with Crippen LogP contribution in [0, 0.1) is 0 Å². The van der Waals surface area contributed by atoms with Crippen molar-refractivity contribution >= 4 is 53.4 Å². The first-order chi connectivity index (χ1) is 24.8. The third-order valence-electron chi connectivity index (χ3n) is 9.36. The summed E-state index contributed by atoms with van der Waals surface area (Å²) in [6.45, 7) is 0. The lowest BCUT2D eigenvalue weighted by Gasteiger charge is -2.09. The molecule has 50 heavy (non-hydrogen) atoms. The summed E-state index contributed by atoms with van der Waals surface area (Å²) in [7, 11) is 0. The van der Waals surface area contributed by atoms with E-state index in [1.165, 1.54) is 26.6 Å². The molecule has 0 aliphatic rings. The predicted octanol–water partition coefficient (Wildman–Crippen LogP) is 12.5. The van der Waals surface area contributed by atoms with E-state index in [0.717, 1.165) is 54.5 Å². The van der Waals surface area contributed by atoms with Crippen molar-refractivity contribution in [2.45, 2.75) is 0 Å². The van der Waals surface area contributed by atoms with Gasteiger partial charge in [-0.1, -0.05) is 133 Å². The van der Waals surface area contributed by atoms with Crippen LogP contribution in [0.25, 0.3) is 98.5 Å². The summed E-state index contributed by atoms with van der Waals surface area (Å²) in [6, 6.07) is 56.8. The van der Waals surface area contributed by atoms with Crippen LogP contribution in [0.5, 0.6) is 0 Å². The van der Waals surface area contributed by atoms with Crippen LogP contribution in [0.2, 0.25) is 0 Å². The molecule has 0 saturated heterocycles. The third-order valence-corrected chi connectivity index (χ3v) is 10.6. The van der Waals surface area contributed by atoms with Crippen molar-refractivity contribution in [2.75, 3.05) is 0 Å². The molecule has 0 unspecified atom stereocenters. The zero-order chi connectivity index (χ0) is 33.0. The zero-order valence-corrected chi connectivity index (χ0v) is 27.6. The number of thiophene rings is 1. The van der Waals surface area contributed by atoms with Gasteiger partial charge in [-0.15, -0.1) is 11.3 Å². The second-order valence-electron chi connectivity index (χ2n) is 12.4. The van der Waals surface area contributed by atoms with Crippen molar-refractivity contribution < 1.29 is 4.42 Å².